The molecule has 2 aliphatic rings. The number of cyclic esters (lactones) is 1. The molecule has 0 aliphatic carbocycles. The smallest absolute Gasteiger partial charge is 0.390 e. The number of carbonyl (C=O) groups is 3. The van der Waals surface area contributed by atoms with Crippen molar-refractivity contribution in [2.45, 2.75) is 51.1 Å². The summed E-state index contributed by atoms with van der Waals surface area (Å²) in [5.74, 6) is -4.82. The summed E-state index contributed by atoms with van der Waals surface area (Å²) in [4.78, 5) is 39.9. The van der Waals surface area contributed by atoms with Crippen molar-refractivity contribution in [3.8, 4) is 0 Å². The second kappa shape index (κ2) is 12.6. The van der Waals surface area contributed by atoms with Crippen LogP contribution in [-0.4, -0.2) is 67.2 Å². The van der Waals surface area contributed by atoms with Crippen molar-refractivity contribution in [3.05, 3.63) is 58.1 Å². The molecule has 0 radical (unpaired) electrons. The van der Waals surface area contributed by atoms with Crippen molar-refractivity contribution in [2.24, 2.45) is 0 Å². The van der Waals surface area contributed by atoms with Gasteiger partial charge in [-0.25, -0.2) is 8.78 Å². The third kappa shape index (κ3) is 7.64. The van der Waals surface area contributed by atoms with Crippen molar-refractivity contribution in [2.75, 3.05) is 36.4 Å². The lowest BCUT2D eigenvalue weighted by Gasteiger charge is -2.42. The number of hydrogen-bond acceptors (Lipinski definition) is 6. The number of carbonyl (C=O) groups excluding carboxylic acids is 3. The van der Waals surface area contributed by atoms with Gasteiger partial charge in [0, 0.05) is 62.2 Å². The molecular formula is C27H28ClF5N4O4. The Balaban J connectivity index is 1.44. The zero-order valence-electron chi connectivity index (χ0n) is 22.0. The Hall–Kier alpha value is -3.45. The summed E-state index contributed by atoms with van der Waals surface area (Å²) in [6, 6.07) is 6.62. The first-order valence-corrected chi connectivity index (χ1v) is 13.3. The van der Waals surface area contributed by atoms with Crippen LogP contribution in [0.3, 0.4) is 0 Å². The average molecular weight is 603 g/mol. The highest BCUT2D eigenvalue weighted by Crippen LogP contribution is 2.33. The maximum atomic E-state index is 14.9. The molecule has 0 spiro atoms. The van der Waals surface area contributed by atoms with E-state index in [0.717, 1.165) is 6.07 Å². The molecule has 8 nitrogen and oxygen atoms in total. The topological polar surface area (TPSA) is 91.0 Å². The molecule has 0 saturated carbocycles. The van der Waals surface area contributed by atoms with Crippen molar-refractivity contribution in [3.63, 3.8) is 0 Å². The fraction of sp³-hybridized carbons (Fsp3) is 0.444. The molecule has 2 amide bonds. The van der Waals surface area contributed by atoms with Gasteiger partial charge in [0.1, 0.15) is 0 Å². The maximum absolute atomic E-state index is 14.9. The van der Waals surface area contributed by atoms with E-state index in [9.17, 15) is 36.3 Å². The second-order valence-corrected chi connectivity index (χ2v) is 10.4. The van der Waals surface area contributed by atoms with Crippen molar-refractivity contribution in [1.29, 1.82) is 0 Å². The van der Waals surface area contributed by atoms with Gasteiger partial charge in [0.2, 0.25) is 0 Å². The molecule has 2 heterocycles. The van der Waals surface area contributed by atoms with Gasteiger partial charge >= 0.3 is 12.1 Å². The number of hydrogen-bond donors (Lipinski definition) is 2. The Bertz CT molecular complexity index is 1330. The quantitative estimate of drug-likeness (QED) is 0.338. The maximum Gasteiger partial charge on any atom is 0.390 e. The fourth-order valence-corrected chi connectivity index (χ4v) is 4.99. The lowest BCUT2D eigenvalue weighted by molar-refractivity contribution is -0.148. The molecule has 2 saturated heterocycles. The summed E-state index contributed by atoms with van der Waals surface area (Å²) in [7, 11) is 0. The largest absolute Gasteiger partial charge is 0.452 e. The zero-order valence-corrected chi connectivity index (χ0v) is 22.7. The Morgan fingerprint density at radius 2 is 1.88 bits per heavy atom. The third-order valence-electron chi connectivity index (χ3n) is 6.98. The van der Waals surface area contributed by atoms with Crippen LogP contribution in [0, 0.1) is 11.6 Å². The molecule has 41 heavy (non-hydrogen) atoms. The van der Waals surface area contributed by atoms with E-state index in [0.29, 0.717) is 30.3 Å². The normalized spacial score (nSPS) is 19.7. The average Bonchev–Trinajstić information content (AvgIpc) is 3.35. The van der Waals surface area contributed by atoms with Crippen LogP contribution in [0.2, 0.25) is 5.02 Å². The first kappa shape index (κ1) is 30.5. The van der Waals surface area contributed by atoms with Gasteiger partial charge in [0.05, 0.1) is 23.4 Å². The van der Waals surface area contributed by atoms with Crippen LogP contribution in [0.15, 0.2) is 30.3 Å². The van der Waals surface area contributed by atoms with E-state index in [1.54, 1.807) is 11.0 Å². The molecule has 2 aromatic carbocycles. The number of nitrogens with one attached hydrogen (secondary N) is 2. The number of benzene rings is 2. The molecule has 2 aromatic rings. The van der Waals surface area contributed by atoms with E-state index in [2.05, 4.69) is 10.6 Å². The molecule has 2 N–H and O–H groups in total. The number of esters is 1. The zero-order chi connectivity index (χ0) is 29.9. The van der Waals surface area contributed by atoms with E-state index >= 15 is 0 Å². The molecule has 2 aliphatic heterocycles. The predicted molar refractivity (Wildman–Crippen MR) is 141 cm³/mol. The fourth-order valence-electron chi connectivity index (χ4n) is 4.82. The number of piperazine rings is 1. The monoisotopic (exact) mass is 602 g/mol. The van der Waals surface area contributed by atoms with Gasteiger partial charge in [0.25, 0.3) is 11.8 Å². The molecule has 222 valence electrons. The summed E-state index contributed by atoms with van der Waals surface area (Å²) < 4.78 is 72.5. The highest BCUT2D eigenvalue weighted by atomic mass is 35.5. The van der Waals surface area contributed by atoms with Gasteiger partial charge in [0.15, 0.2) is 17.7 Å². The van der Waals surface area contributed by atoms with Gasteiger partial charge in [-0.05, 0) is 31.2 Å². The number of alkyl halides is 3. The van der Waals surface area contributed by atoms with Crippen LogP contribution >= 0.6 is 11.6 Å². The highest BCUT2D eigenvalue weighted by Gasteiger charge is 2.32. The molecule has 4 rings (SSSR count). The SMILES string of the molecule is C[C@@H]1CN(CCC(F)(F)F)CCN1c1cc(Cl)ccc1NC(=O)c1ccc(CNC(=O)[C@@H]2CCC(=O)O2)c(F)c1F. The molecule has 14 heteroatoms. The Morgan fingerprint density at radius 1 is 1.12 bits per heavy atom. The minimum atomic E-state index is -4.25. The summed E-state index contributed by atoms with van der Waals surface area (Å²) in [6.07, 6.45) is -5.87. The standard InChI is InChI=1S/C27H28ClF5N4O4/c1-15-14-36(9-8-27(31,32)33)10-11-37(15)20-12-17(28)3-5-19(20)35-25(39)18-4-2-16(23(29)24(18)30)13-34-26(40)21-6-7-22(38)41-21/h2-5,12,15,21H,6-11,13-14H2,1H3,(H,34,40)(H,35,39)/t15-,21+/m1/s1. The number of halogens is 6. The summed E-state index contributed by atoms with van der Waals surface area (Å²) in [5, 5.41) is 5.32. The van der Waals surface area contributed by atoms with Crippen LogP contribution in [0.5, 0.6) is 0 Å². The predicted octanol–water partition coefficient (Wildman–Crippen LogP) is 4.66. The van der Waals surface area contributed by atoms with E-state index in [1.807, 2.05) is 11.8 Å². The first-order valence-electron chi connectivity index (χ1n) is 12.9. The first-order chi connectivity index (χ1) is 19.3. The van der Waals surface area contributed by atoms with Gasteiger partial charge in [-0.15, -0.1) is 0 Å². The molecule has 2 atom stereocenters. The van der Waals surface area contributed by atoms with Gasteiger partial charge in [-0.1, -0.05) is 17.7 Å². The molecule has 0 bridgehead atoms. The Labute approximate surface area is 237 Å². The number of rotatable bonds is 8. The lowest BCUT2D eigenvalue weighted by Crippen LogP contribution is -2.52. The summed E-state index contributed by atoms with van der Waals surface area (Å²) in [6.45, 7) is 2.37. The minimum absolute atomic E-state index is 0.0945. The van der Waals surface area contributed by atoms with Crippen molar-refractivity contribution in [1.82, 2.24) is 10.2 Å². The van der Waals surface area contributed by atoms with Crippen molar-refractivity contribution < 1.29 is 41.1 Å². The molecule has 2 fully saturated rings. The van der Waals surface area contributed by atoms with E-state index in [1.165, 1.54) is 18.2 Å². The number of nitrogens with zero attached hydrogens (tertiary/aromatic N) is 2. The number of amides is 2. The minimum Gasteiger partial charge on any atom is -0.452 e. The molecule has 0 unspecified atom stereocenters. The van der Waals surface area contributed by atoms with Crippen molar-refractivity contribution >= 4 is 40.8 Å². The van der Waals surface area contributed by atoms with Crippen LogP contribution in [0.1, 0.15) is 42.1 Å². The van der Waals surface area contributed by atoms with Crippen LogP contribution in [0.4, 0.5) is 33.3 Å². The van der Waals surface area contributed by atoms with Gasteiger partial charge in [-0.3, -0.25) is 19.3 Å². The molecular weight excluding hydrogens is 575 g/mol. The third-order valence-corrected chi connectivity index (χ3v) is 7.21. The van der Waals surface area contributed by atoms with E-state index in [-0.39, 0.29) is 43.2 Å². The Morgan fingerprint density at radius 3 is 2.54 bits per heavy atom. The van der Waals surface area contributed by atoms with Crippen LogP contribution < -0.4 is 15.5 Å². The van der Waals surface area contributed by atoms with E-state index < -0.39 is 53.7 Å². The Kier molecular flexibility index (Phi) is 9.37. The number of anilines is 2. The van der Waals surface area contributed by atoms with Crippen LogP contribution in [-0.2, 0) is 20.9 Å². The highest BCUT2D eigenvalue weighted by molar-refractivity contribution is 6.31. The van der Waals surface area contributed by atoms with Crippen LogP contribution in [0.25, 0.3) is 0 Å². The summed E-state index contributed by atoms with van der Waals surface area (Å²) >= 11 is 6.19. The van der Waals surface area contributed by atoms with Gasteiger partial charge < -0.3 is 20.3 Å². The second-order valence-electron chi connectivity index (χ2n) is 9.96. The molecule has 0 aromatic heterocycles. The van der Waals surface area contributed by atoms with E-state index in [4.69, 9.17) is 16.3 Å². The number of ether oxygens (including phenoxy) is 1. The van der Waals surface area contributed by atoms with Gasteiger partial charge in [-0.2, -0.15) is 13.2 Å². The lowest BCUT2D eigenvalue weighted by atomic mass is 10.1. The summed E-state index contributed by atoms with van der Waals surface area (Å²) in [5.41, 5.74) is -0.0340.